The molecule has 0 saturated heterocycles. The number of benzene rings is 3. The molecule has 3 aromatic rings. The maximum atomic E-state index is 12.6. The van der Waals surface area contributed by atoms with Crippen molar-refractivity contribution >= 4 is 33.9 Å². The van der Waals surface area contributed by atoms with Gasteiger partial charge in [0, 0.05) is 6.54 Å². The van der Waals surface area contributed by atoms with E-state index in [-0.39, 0.29) is 24.3 Å². The van der Waals surface area contributed by atoms with Gasteiger partial charge in [0.2, 0.25) is 0 Å². The highest BCUT2D eigenvalue weighted by atomic mass is 79.9. The number of rotatable bonds is 11. The molecule has 1 amide bonds. The van der Waals surface area contributed by atoms with Crippen LogP contribution in [0.15, 0.2) is 83.4 Å². The Kier molecular flexibility index (Phi) is 9.64. The van der Waals surface area contributed by atoms with Crippen molar-refractivity contribution in [1.29, 1.82) is 5.26 Å². The van der Waals surface area contributed by atoms with Gasteiger partial charge < -0.3 is 19.9 Å². The summed E-state index contributed by atoms with van der Waals surface area (Å²) in [5, 5.41) is 21.4. The second-order valence-electron chi connectivity index (χ2n) is 7.98. The smallest absolute Gasteiger partial charge is 0.335 e. The Balaban J connectivity index is 1.75. The number of carboxylic acid groups (broad SMARTS) is 1. The summed E-state index contributed by atoms with van der Waals surface area (Å²) in [5.74, 6) is -0.151. The van der Waals surface area contributed by atoms with Crippen LogP contribution < -0.4 is 14.8 Å². The minimum absolute atomic E-state index is 0.0304. The Bertz CT molecular complexity index is 1360. The molecule has 0 aliphatic carbocycles. The van der Waals surface area contributed by atoms with Gasteiger partial charge in [0.1, 0.15) is 29.7 Å². The molecule has 0 heterocycles. The number of nitriles is 1. The molecule has 0 saturated carbocycles. The minimum atomic E-state index is -0.988. The first-order chi connectivity index (χ1) is 17.8. The van der Waals surface area contributed by atoms with E-state index in [4.69, 9.17) is 14.6 Å². The summed E-state index contributed by atoms with van der Waals surface area (Å²) >= 11 is 3.53. The minimum Gasteiger partial charge on any atom is -0.497 e. The third-order valence-electron chi connectivity index (χ3n) is 5.38. The third kappa shape index (κ3) is 7.56. The Labute approximate surface area is 223 Å². The first-order valence-corrected chi connectivity index (χ1v) is 12.0. The van der Waals surface area contributed by atoms with E-state index in [0.717, 1.165) is 22.4 Å². The zero-order valence-electron chi connectivity index (χ0n) is 20.2. The maximum absolute atomic E-state index is 12.6. The first-order valence-electron chi connectivity index (χ1n) is 11.3. The van der Waals surface area contributed by atoms with Crippen LogP contribution in [-0.4, -0.2) is 24.1 Å². The van der Waals surface area contributed by atoms with Crippen molar-refractivity contribution in [3.05, 3.63) is 111 Å². The van der Waals surface area contributed by atoms with Gasteiger partial charge in [0.25, 0.3) is 5.91 Å². The van der Waals surface area contributed by atoms with E-state index < -0.39 is 11.9 Å². The highest BCUT2D eigenvalue weighted by Gasteiger charge is 2.14. The molecule has 3 aromatic carbocycles. The molecule has 0 aliphatic rings. The van der Waals surface area contributed by atoms with Gasteiger partial charge in [0.05, 0.1) is 17.1 Å². The first kappa shape index (κ1) is 27.2. The highest BCUT2D eigenvalue weighted by Crippen LogP contribution is 2.33. The summed E-state index contributed by atoms with van der Waals surface area (Å²) in [7, 11) is 1.58. The van der Waals surface area contributed by atoms with Crippen LogP contribution >= 0.6 is 15.9 Å². The van der Waals surface area contributed by atoms with Crippen LogP contribution in [0, 0.1) is 11.3 Å². The van der Waals surface area contributed by atoms with E-state index in [1.165, 1.54) is 18.2 Å². The summed E-state index contributed by atoms with van der Waals surface area (Å²) in [6.45, 7) is 4.31. The van der Waals surface area contributed by atoms with Gasteiger partial charge in [-0.1, -0.05) is 30.3 Å². The number of hydrogen-bond acceptors (Lipinski definition) is 5. The second kappa shape index (κ2) is 13.1. The predicted octanol–water partition coefficient (Wildman–Crippen LogP) is 5.69. The summed E-state index contributed by atoms with van der Waals surface area (Å²) in [5.41, 5.74) is 3.32. The Morgan fingerprint density at radius 1 is 1.11 bits per heavy atom. The number of hydrogen-bond donors (Lipinski definition) is 2. The predicted molar refractivity (Wildman–Crippen MR) is 144 cm³/mol. The molecule has 0 unspecified atom stereocenters. The number of carboxylic acids is 1. The van der Waals surface area contributed by atoms with Crippen LogP contribution in [0.5, 0.6) is 11.5 Å². The van der Waals surface area contributed by atoms with Crippen LogP contribution in [0.2, 0.25) is 0 Å². The molecule has 0 aliphatic heterocycles. The topological polar surface area (TPSA) is 109 Å². The standard InChI is InChI=1S/C29H25BrN2O5/c1-3-4-23-13-21(14-24(16-31)28(33)32-17-19-7-11-25(36-2)12-8-19)15-26(30)27(23)37-18-20-5-9-22(10-6-20)29(34)35/h3,5-15H,1,4,17-18H2,2H3,(H,32,33)(H,34,35)/b24-14-. The van der Waals surface area contributed by atoms with Gasteiger partial charge in [-0.05, 0) is 87.1 Å². The lowest BCUT2D eigenvalue weighted by Crippen LogP contribution is -2.23. The lowest BCUT2D eigenvalue weighted by Gasteiger charge is -2.14. The lowest BCUT2D eigenvalue weighted by atomic mass is 10.0. The number of aromatic carboxylic acids is 1. The number of nitrogens with one attached hydrogen (secondary N) is 1. The molecule has 0 fully saturated rings. The van der Waals surface area contributed by atoms with Crippen molar-refractivity contribution < 1.29 is 24.2 Å². The second-order valence-corrected chi connectivity index (χ2v) is 8.83. The van der Waals surface area contributed by atoms with Crippen LogP contribution in [-0.2, 0) is 24.4 Å². The number of nitrogens with zero attached hydrogens (tertiary/aromatic N) is 1. The zero-order chi connectivity index (χ0) is 26.8. The van der Waals surface area contributed by atoms with Crippen molar-refractivity contribution in [2.24, 2.45) is 0 Å². The molecule has 0 spiro atoms. The van der Waals surface area contributed by atoms with Gasteiger partial charge >= 0.3 is 5.97 Å². The SMILES string of the molecule is C=CCc1cc(/C=C(/C#N)C(=O)NCc2ccc(OC)cc2)cc(Br)c1OCc1ccc(C(=O)O)cc1. The fourth-order valence-corrected chi connectivity index (χ4v) is 4.09. The van der Waals surface area contributed by atoms with E-state index in [9.17, 15) is 14.9 Å². The molecule has 2 N–H and O–H groups in total. The van der Waals surface area contributed by atoms with E-state index in [2.05, 4.69) is 27.8 Å². The van der Waals surface area contributed by atoms with Crippen molar-refractivity contribution in [3.8, 4) is 17.6 Å². The van der Waals surface area contributed by atoms with Crippen LogP contribution in [0.25, 0.3) is 6.08 Å². The Morgan fingerprint density at radius 2 is 1.78 bits per heavy atom. The molecule has 0 radical (unpaired) electrons. The number of methoxy groups -OCH3 is 1. The van der Waals surface area contributed by atoms with E-state index >= 15 is 0 Å². The largest absolute Gasteiger partial charge is 0.497 e. The Morgan fingerprint density at radius 3 is 2.38 bits per heavy atom. The summed E-state index contributed by atoms with van der Waals surface area (Å²) < 4.78 is 11.8. The fourth-order valence-electron chi connectivity index (χ4n) is 3.46. The van der Waals surface area contributed by atoms with E-state index in [1.54, 1.807) is 43.5 Å². The molecule has 0 aromatic heterocycles. The van der Waals surface area contributed by atoms with Gasteiger partial charge in [-0.25, -0.2) is 4.79 Å². The van der Waals surface area contributed by atoms with Gasteiger partial charge in [0.15, 0.2) is 0 Å². The van der Waals surface area contributed by atoms with Crippen molar-refractivity contribution in [2.75, 3.05) is 7.11 Å². The normalized spacial score (nSPS) is 10.8. The molecular weight excluding hydrogens is 536 g/mol. The number of allylic oxidation sites excluding steroid dienone is 1. The highest BCUT2D eigenvalue weighted by molar-refractivity contribution is 9.10. The number of amides is 1. The van der Waals surface area contributed by atoms with E-state index in [1.807, 2.05) is 24.3 Å². The lowest BCUT2D eigenvalue weighted by molar-refractivity contribution is -0.117. The van der Waals surface area contributed by atoms with Crippen molar-refractivity contribution in [3.63, 3.8) is 0 Å². The quantitative estimate of drug-likeness (QED) is 0.177. The van der Waals surface area contributed by atoms with Crippen LogP contribution in [0.1, 0.15) is 32.6 Å². The molecule has 188 valence electrons. The average Bonchev–Trinajstić information content (AvgIpc) is 2.90. The number of carbonyl (C=O) groups is 2. The molecule has 8 heteroatoms. The molecule has 0 atom stereocenters. The average molecular weight is 561 g/mol. The fraction of sp³-hybridized carbons (Fsp3) is 0.138. The molecular formula is C29H25BrN2O5. The van der Waals surface area contributed by atoms with Crippen LogP contribution in [0.3, 0.4) is 0 Å². The molecule has 3 rings (SSSR count). The summed E-state index contributed by atoms with van der Waals surface area (Å²) in [6, 6.07) is 19.3. The maximum Gasteiger partial charge on any atom is 0.335 e. The number of halogens is 1. The monoisotopic (exact) mass is 560 g/mol. The zero-order valence-corrected chi connectivity index (χ0v) is 21.7. The number of ether oxygens (including phenoxy) is 2. The summed E-state index contributed by atoms with van der Waals surface area (Å²) in [4.78, 5) is 23.7. The molecule has 0 bridgehead atoms. The molecule has 37 heavy (non-hydrogen) atoms. The van der Waals surface area contributed by atoms with Crippen molar-refractivity contribution in [1.82, 2.24) is 5.32 Å². The Hall–Kier alpha value is -4.35. The molecule has 7 nitrogen and oxygen atoms in total. The summed E-state index contributed by atoms with van der Waals surface area (Å²) in [6.07, 6.45) is 3.75. The van der Waals surface area contributed by atoms with E-state index in [0.29, 0.717) is 22.2 Å². The van der Waals surface area contributed by atoms with Gasteiger partial charge in [-0.15, -0.1) is 6.58 Å². The van der Waals surface area contributed by atoms with Crippen molar-refractivity contribution in [2.45, 2.75) is 19.6 Å². The third-order valence-corrected chi connectivity index (χ3v) is 5.97. The van der Waals surface area contributed by atoms with Gasteiger partial charge in [-0.3, -0.25) is 4.79 Å². The van der Waals surface area contributed by atoms with Gasteiger partial charge in [-0.2, -0.15) is 5.26 Å². The number of carbonyl (C=O) groups excluding carboxylic acids is 1. The van der Waals surface area contributed by atoms with Crippen LogP contribution in [0.4, 0.5) is 0 Å².